The molecule has 0 aliphatic heterocycles. The van der Waals surface area contributed by atoms with E-state index in [0.717, 1.165) is 51.4 Å². The number of unbranched alkanes of at least 4 members (excludes halogenated alkanes) is 2. The Morgan fingerprint density at radius 2 is 1.03 bits per heavy atom. The van der Waals surface area contributed by atoms with Crippen LogP contribution in [0.4, 0.5) is 0 Å². The summed E-state index contributed by atoms with van der Waals surface area (Å²) in [5.74, 6) is -3.59. The molecule has 0 aromatic rings. The number of hydrogen-bond acceptors (Lipinski definition) is 12. The van der Waals surface area contributed by atoms with Crippen LogP contribution in [-0.4, -0.2) is 121 Å². The maximum atomic E-state index is 12.2. The van der Waals surface area contributed by atoms with E-state index in [9.17, 15) is 38.4 Å². The van der Waals surface area contributed by atoms with Crippen LogP contribution >= 0.6 is 0 Å². The van der Waals surface area contributed by atoms with Crippen LogP contribution in [0.2, 0.25) is 0 Å². The first-order valence-electron chi connectivity index (χ1n) is 21.8. The molecule has 368 valence electrons. The number of nitrogens with two attached hydrogens (primary N) is 2. The zero-order valence-electron chi connectivity index (χ0n) is 38.8. The third-order valence-corrected chi connectivity index (χ3v) is 10.7. The van der Waals surface area contributed by atoms with Crippen molar-refractivity contribution in [1.29, 1.82) is 0 Å². The summed E-state index contributed by atoms with van der Waals surface area (Å²) in [6.45, 7) is 7.64. The van der Waals surface area contributed by atoms with E-state index in [1.165, 1.54) is 33.3 Å². The van der Waals surface area contributed by atoms with Gasteiger partial charge >= 0.3 is 11.9 Å². The van der Waals surface area contributed by atoms with Crippen LogP contribution in [0, 0.1) is 29.6 Å². The fourth-order valence-corrected chi connectivity index (χ4v) is 6.59. The zero-order chi connectivity index (χ0) is 48.3. The van der Waals surface area contributed by atoms with Crippen molar-refractivity contribution in [2.24, 2.45) is 41.1 Å². The molecule has 0 saturated heterocycles. The van der Waals surface area contributed by atoms with E-state index in [4.69, 9.17) is 31.3 Å². The number of carboxylic acid groups (broad SMARTS) is 2. The number of carbonyl (C=O) groups excluding carboxylic acids is 8. The van der Waals surface area contributed by atoms with Gasteiger partial charge in [-0.2, -0.15) is 0 Å². The van der Waals surface area contributed by atoms with Gasteiger partial charge in [0.05, 0.1) is 12.3 Å². The van der Waals surface area contributed by atoms with E-state index >= 15 is 0 Å². The average Bonchev–Trinajstić information content (AvgIpc) is 3.25. The first-order valence-corrected chi connectivity index (χ1v) is 21.8. The summed E-state index contributed by atoms with van der Waals surface area (Å²) in [5.41, 5.74) is 24.3. The fourth-order valence-electron chi connectivity index (χ4n) is 6.59. The quantitative estimate of drug-likeness (QED) is 0.0481. The van der Waals surface area contributed by atoms with Crippen molar-refractivity contribution in [3.63, 3.8) is 0 Å². The number of nitrogens with one attached hydrogen (secondary N) is 6. The number of ketones is 2. The molecule has 0 heterocycles. The zero-order valence-corrected chi connectivity index (χ0v) is 44.4. The monoisotopic (exact) mass is 1070 g/mol. The number of Topliss-reactive ketones (excluding diaryl/α,β-unsaturated/α-hetero) is 2. The van der Waals surface area contributed by atoms with Gasteiger partial charge in [0, 0.05) is 115 Å². The molecule has 22 heteroatoms. The van der Waals surface area contributed by atoms with Gasteiger partial charge in [-0.3, -0.25) is 41.3 Å². The summed E-state index contributed by atoms with van der Waals surface area (Å²) in [6.07, 6.45) is 12.9. The molecule has 4 amide bonds. The summed E-state index contributed by atoms with van der Waals surface area (Å²) < 4.78 is 0. The molecule has 2 fully saturated rings. The molecule has 12 N–H and O–H groups in total. The molecule has 2 aliphatic rings. The fraction of sp³-hybridized carbons (Fsp3) is 0.767. The number of carboxylic acids is 2. The van der Waals surface area contributed by atoms with Crippen molar-refractivity contribution in [3.8, 4) is 0 Å². The SMILES string of the molecule is CC(=O)C([NH-])CCCCNC(=O)C1CCC(CNC(=O)CC(C)C(=O)O)CC1.CC(=O)C([NH-])CCCCNC(=O)C1CCC(NC(=O)C(C)CC(=O)O)CC1.NC[C-]=O.NC[C-]=O.[Y].[Y]. The summed E-state index contributed by atoms with van der Waals surface area (Å²) in [6, 6.07) is -1.32. The number of aliphatic carboxylic acids is 2. The van der Waals surface area contributed by atoms with E-state index in [1.807, 2.05) is 0 Å². The average molecular weight is 1070 g/mol. The Labute approximate surface area is 435 Å². The van der Waals surface area contributed by atoms with Crippen LogP contribution < -0.4 is 32.7 Å². The van der Waals surface area contributed by atoms with Gasteiger partial charge in [-0.05, 0) is 84.0 Å². The first kappa shape index (κ1) is 69.1. The van der Waals surface area contributed by atoms with Gasteiger partial charge in [-0.15, -0.1) is 13.1 Å². The summed E-state index contributed by atoms with van der Waals surface area (Å²) >= 11 is 0. The number of amides is 4. The summed E-state index contributed by atoms with van der Waals surface area (Å²) in [4.78, 5) is 109. The molecule has 2 radical (unpaired) electrons. The maximum absolute atomic E-state index is 12.2. The second-order valence-corrected chi connectivity index (χ2v) is 16.1. The van der Waals surface area contributed by atoms with E-state index < -0.39 is 35.9 Å². The smallest absolute Gasteiger partial charge is 0.306 e. The molecule has 0 bridgehead atoms. The van der Waals surface area contributed by atoms with Crippen LogP contribution in [0.1, 0.15) is 130 Å². The minimum atomic E-state index is -0.988. The predicted molar refractivity (Wildman–Crippen MR) is 236 cm³/mol. The standard InChI is InChI=1S/C20H34N3O5.C19H32N3O5.2C2H4NO.2Y/c1-13(20(27)28)11-18(25)23-12-15-6-8-16(9-7-15)19(26)22-10-4-3-5-17(21)14(2)24;1-12(11-17(24)25)18(26)22-15-8-6-14(7-9-15)19(27)21-10-4-3-5-16(20)13(2)23;2*3-1-2-4;;/h13,15-17,21H,3-12H2,1-2H3,(H,22,26)(H,23,25)(H,27,28);12,14-16,20H,3-11H2,1-2H3,(H,21,27)(H,22,26)(H,24,25);2*1,3H2;;/q4*-1;;. The summed E-state index contributed by atoms with van der Waals surface area (Å²) in [5, 5.41) is 29.1. The van der Waals surface area contributed by atoms with Crippen LogP contribution in [-0.2, 0) is 113 Å². The Morgan fingerprint density at radius 1 is 0.631 bits per heavy atom. The summed E-state index contributed by atoms with van der Waals surface area (Å²) in [7, 11) is 0. The van der Waals surface area contributed by atoms with Gasteiger partial charge in [-0.25, -0.2) is 0 Å². The van der Waals surface area contributed by atoms with Crippen LogP contribution in [0.15, 0.2) is 0 Å². The Kier molecular flexibility index (Phi) is 45.6. The van der Waals surface area contributed by atoms with E-state index in [2.05, 4.69) is 32.7 Å². The van der Waals surface area contributed by atoms with Crippen molar-refractivity contribution in [1.82, 2.24) is 21.3 Å². The van der Waals surface area contributed by atoms with Crippen LogP contribution in [0.3, 0.4) is 0 Å². The molecule has 20 nitrogen and oxygen atoms in total. The Balaban J connectivity index is -0.000000478. The van der Waals surface area contributed by atoms with Gasteiger partial charge in [0.1, 0.15) is 11.6 Å². The molecular formula is C43H74N8O12Y2-4. The Morgan fingerprint density at radius 3 is 1.38 bits per heavy atom. The number of rotatable bonds is 25. The Hall–Kier alpha value is -2.45. The maximum Gasteiger partial charge on any atom is 0.306 e. The van der Waals surface area contributed by atoms with Crippen molar-refractivity contribution >= 4 is 59.7 Å². The second kappa shape index (κ2) is 42.9. The van der Waals surface area contributed by atoms with Gasteiger partial charge in [0.25, 0.3) is 0 Å². The molecule has 65 heavy (non-hydrogen) atoms. The molecule has 0 spiro atoms. The third-order valence-electron chi connectivity index (χ3n) is 10.7. The van der Waals surface area contributed by atoms with Gasteiger partial charge in [-0.1, -0.05) is 51.6 Å². The topological polar surface area (TPSA) is 359 Å². The van der Waals surface area contributed by atoms with Crippen molar-refractivity contribution in [2.75, 3.05) is 32.7 Å². The number of hydrogen-bond donors (Lipinski definition) is 8. The minimum absolute atomic E-state index is 0. The van der Waals surface area contributed by atoms with Crippen molar-refractivity contribution < 1.29 is 124 Å². The van der Waals surface area contributed by atoms with E-state index in [-0.39, 0.29) is 144 Å². The second-order valence-electron chi connectivity index (χ2n) is 16.1. The van der Waals surface area contributed by atoms with Gasteiger partial charge in [0.2, 0.25) is 23.6 Å². The molecule has 2 rings (SSSR count). The van der Waals surface area contributed by atoms with E-state index in [1.54, 1.807) is 6.92 Å². The van der Waals surface area contributed by atoms with Crippen molar-refractivity contribution in [3.05, 3.63) is 11.5 Å². The molecular weight excluding hydrogens is 998 g/mol. The van der Waals surface area contributed by atoms with E-state index in [0.29, 0.717) is 64.1 Å². The van der Waals surface area contributed by atoms with Crippen LogP contribution in [0.5, 0.6) is 0 Å². The first-order chi connectivity index (χ1) is 29.7. The molecule has 2 aliphatic carbocycles. The normalized spacial score (nSPS) is 19.0. The predicted octanol–water partition coefficient (Wildman–Crippen LogP) is 2.49. The van der Waals surface area contributed by atoms with Gasteiger partial charge in [0.15, 0.2) is 0 Å². The van der Waals surface area contributed by atoms with Crippen LogP contribution in [0.25, 0.3) is 11.5 Å². The minimum Gasteiger partial charge on any atom is -0.668 e. The number of carbonyl (C=O) groups is 8. The Bertz CT molecular complexity index is 1410. The molecule has 4 unspecified atom stereocenters. The molecule has 0 aromatic heterocycles. The molecule has 0 aromatic carbocycles. The van der Waals surface area contributed by atoms with Gasteiger partial charge < -0.3 is 73.6 Å². The van der Waals surface area contributed by atoms with Crippen molar-refractivity contribution in [2.45, 2.75) is 149 Å². The largest absolute Gasteiger partial charge is 0.668 e. The molecule has 4 atom stereocenters. The molecule has 2 saturated carbocycles. The third kappa shape index (κ3) is 37.2.